The molecule has 1 fully saturated rings. The van der Waals surface area contributed by atoms with Gasteiger partial charge < -0.3 is 9.64 Å². The van der Waals surface area contributed by atoms with E-state index in [9.17, 15) is 18.0 Å². The van der Waals surface area contributed by atoms with Crippen LogP contribution in [0.25, 0.3) is 6.08 Å². The van der Waals surface area contributed by atoms with Crippen LogP contribution < -0.4 is 0 Å². The molecule has 1 saturated heterocycles. The van der Waals surface area contributed by atoms with Crippen LogP contribution in [-0.2, 0) is 24.2 Å². The van der Waals surface area contributed by atoms with E-state index in [4.69, 9.17) is 16.3 Å². The molecule has 148 valence electrons. The zero-order chi connectivity index (χ0) is 20.0. The van der Waals surface area contributed by atoms with Gasteiger partial charge in [-0.2, -0.15) is 0 Å². The summed E-state index contributed by atoms with van der Waals surface area (Å²) in [5.74, 6) is -1.00. The lowest BCUT2D eigenvalue weighted by Gasteiger charge is -2.33. The quantitative estimate of drug-likeness (QED) is 0.507. The Kier molecular flexibility index (Phi) is 7.44. The fraction of sp³-hybridized carbons (Fsp3) is 0.474. The van der Waals surface area contributed by atoms with Crippen LogP contribution in [0.5, 0.6) is 0 Å². The summed E-state index contributed by atoms with van der Waals surface area (Å²) in [6.07, 6.45) is 3.83. The van der Waals surface area contributed by atoms with Crippen molar-refractivity contribution in [3.05, 3.63) is 40.9 Å². The second-order valence-electron chi connectivity index (χ2n) is 6.58. The first-order chi connectivity index (χ1) is 12.7. The Bertz CT molecular complexity index is 821. The maximum absolute atomic E-state index is 12.6. The van der Waals surface area contributed by atoms with Gasteiger partial charge >= 0.3 is 5.97 Å². The minimum Gasteiger partial charge on any atom is -0.452 e. The zero-order valence-corrected chi connectivity index (χ0v) is 17.0. The molecule has 1 aromatic carbocycles. The Balaban J connectivity index is 1.97. The summed E-state index contributed by atoms with van der Waals surface area (Å²) in [7, 11) is -3.12. The van der Waals surface area contributed by atoms with Crippen molar-refractivity contribution in [1.29, 1.82) is 0 Å². The van der Waals surface area contributed by atoms with E-state index in [0.717, 1.165) is 0 Å². The highest BCUT2D eigenvalue weighted by atomic mass is 35.5. The molecule has 0 spiro atoms. The third-order valence-electron chi connectivity index (χ3n) is 4.60. The molecule has 0 bridgehead atoms. The highest BCUT2D eigenvalue weighted by Crippen LogP contribution is 2.21. The first-order valence-corrected chi connectivity index (χ1v) is 11.0. The number of carbonyl (C=O) groups is 2. The van der Waals surface area contributed by atoms with Crippen molar-refractivity contribution in [2.45, 2.75) is 38.8 Å². The normalized spacial score (nSPS) is 19.7. The molecule has 2 rings (SSSR count). The van der Waals surface area contributed by atoms with Crippen LogP contribution in [0, 0.1) is 0 Å². The largest absolute Gasteiger partial charge is 0.452 e. The highest BCUT2D eigenvalue weighted by molar-refractivity contribution is 7.91. The molecule has 8 heteroatoms. The van der Waals surface area contributed by atoms with Crippen LogP contribution >= 0.6 is 11.6 Å². The van der Waals surface area contributed by atoms with Gasteiger partial charge in [-0.15, -0.1) is 0 Å². The van der Waals surface area contributed by atoms with Gasteiger partial charge in [-0.05, 0) is 37.5 Å². The number of carbonyl (C=O) groups excluding carboxylic acids is 2. The Morgan fingerprint density at radius 3 is 2.67 bits per heavy atom. The molecular formula is C19H24ClNO5S. The fourth-order valence-electron chi connectivity index (χ4n) is 3.02. The van der Waals surface area contributed by atoms with E-state index in [1.54, 1.807) is 29.2 Å². The molecular weight excluding hydrogens is 390 g/mol. The standard InChI is InChI=1S/C19H24ClNO5S/c1-3-14(2)21(16-10-11-27(24,25)13-16)18(22)12-26-19(23)9-8-15-6-4-5-7-17(15)20/h4-9,14,16H,3,10-13H2,1-2H3/b9-8+/t14-,16-/m0/s1. The molecule has 0 saturated carbocycles. The maximum Gasteiger partial charge on any atom is 0.331 e. The average molecular weight is 414 g/mol. The van der Waals surface area contributed by atoms with Crippen molar-refractivity contribution in [3.8, 4) is 0 Å². The van der Waals surface area contributed by atoms with E-state index in [2.05, 4.69) is 0 Å². The SMILES string of the molecule is CC[C@H](C)N(C(=O)COC(=O)/C=C/c1ccccc1Cl)[C@H]1CCS(=O)(=O)C1. The van der Waals surface area contributed by atoms with Crippen molar-refractivity contribution in [2.75, 3.05) is 18.1 Å². The highest BCUT2D eigenvalue weighted by Gasteiger charge is 2.36. The lowest BCUT2D eigenvalue weighted by Crippen LogP contribution is -2.48. The lowest BCUT2D eigenvalue weighted by atomic mass is 10.1. The van der Waals surface area contributed by atoms with Crippen LogP contribution in [-0.4, -0.2) is 55.4 Å². The van der Waals surface area contributed by atoms with E-state index < -0.39 is 22.4 Å². The molecule has 1 aliphatic heterocycles. The number of sulfone groups is 1. The molecule has 0 radical (unpaired) electrons. The summed E-state index contributed by atoms with van der Waals surface area (Å²) in [6.45, 7) is 3.36. The molecule has 6 nitrogen and oxygen atoms in total. The van der Waals surface area contributed by atoms with Gasteiger partial charge in [0.2, 0.25) is 0 Å². The molecule has 0 aliphatic carbocycles. The molecule has 1 heterocycles. The number of esters is 1. The fourth-order valence-corrected chi connectivity index (χ4v) is 4.93. The molecule has 0 N–H and O–H groups in total. The summed E-state index contributed by atoms with van der Waals surface area (Å²) in [5.41, 5.74) is 0.667. The van der Waals surface area contributed by atoms with Crippen molar-refractivity contribution in [1.82, 2.24) is 4.90 Å². The monoisotopic (exact) mass is 413 g/mol. The van der Waals surface area contributed by atoms with Gasteiger partial charge in [0, 0.05) is 23.2 Å². The lowest BCUT2D eigenvalue weighted by molar-refractivity contribution is -0.150. The molecule has 1 aromatic rings. The van der Waals surface area contributed by atoms with Crippen LogP contribution in [0.2, 0.25) is 5.02 Å². The van der Waals surface area contributed by atoms with Crippen LogP contribution in [0.3, 0.4) is 0 Å². The molecule has 0 aromatic heterocycles. The topological polar surface area (TPSA) is 80.8 Å². The van der Waals surface area contributed by atoms with Gasteiger partial charge in [-0.25, -0.2) is 13.2 Å². The summed E-state index contributed by atoms with van der Waals surface area (Å²) in [6, 6.07) is 6.53. The minimum atomic E-state index is -3.12. The smallest absolute Gasteiger partial charge is 0.331 e. The summed E-state index contributed by atoms with van der Waals surface area (Å²) >= 11 is 6.01. The summed E-state index contributed by atoms with van der Waals surface area (Å²) in [4.78, 5) is 26.0. The molecule has 1 aliphatic rings. The third-order valence-corrected chi connectivity index (χ3v) is 6.69. The summed E-state index contributed by atoms with van der Waals surface area (Å²) in [5, 5.41) is 0.503. The predicted octanol–water partition coefficient (Wildman–Crippen LogP) is 2.71. The first kappa shape index (κ1) is 21.4. The summed E-state index contributed by atoms with van der Waals surface area (Å²) < 4.78 is 28.5. The van der Waals surface area contributed by atoms with E-state index >= 15 is 0 Å². The van der Waals surface area contributed by atoms with Crippen molar-refractivity contribution in [2.24, 2.45) is 0 Å². The van der Waals surface area contributed by atoms with Crippen molar-refractivity contribution < 1.29 is 22.7 Å². The number of benzene rings is 1. The third kappa shape index (κ3) is 6.07. The Hall–Kier alpha value is -1.86. The van der Waals surface area contributed by atoms with Crippen LogP contribution in [0.15, 0.2) is 30.3 Å². The van der Waals surface area contributed by atoms with Gasteiger partial charge in [-0.3, -0.25) is 4.79 Å². The van der Waals surface area contributed by atoms with Crippen LogP contribution in [0.4, 0.5) is 0 Å². The van der Waals surface area contributed by atoms with Crippen molar-refractivity contribution in [3.63, 3.8) is 0 Å². The van der Waals surface area contributed by atoms with Crippen LogP contribution in [0.1, 0.15) is 32.3 Å². The first-order valence-electron chi connectivity index (χ1n) is 8.84. The predicted molar refractivity (Wildman–Crippen MR) is 105 cm³/mol. The minimum absolute atomic E-state index is 0.0383. The number of nitrogens with zero attached hydrogens (tertiary/aromatic N) is 1. The Labute approximate surface area is 165 Å². The molecule has 1 amide bonds. The molecule has 0 unspecified atom stereocenters. The number of halogens is 1. The second-order valence-corrected chi connectivity index (χ2v) is 9.21. The number of hydrogen-bond acceptors (Lipinski definition) is 5. The Morgan fingerprint density at radius 2 is 2.07 bits per heavy atom. The number of hydrogen-bond donors (Lipinski definition) is 0. The Morgan fingerprint density at radius 1 is 1.37 bits per heavy atom. The van der Waals surface area contributed by atoms with E-state index in [0.29, 0.717) is 23.4 Å². The van der Waals surface area contributed by atoms with Gasteiger partial charge in [-0.1, -0.05) is 36.7 Å². The van der Waals surface area contributed by atoms with E-state index in [1.807, 2.05) is 13.8 Å². The van der Waals surface area contributed by atoms with E-state index in [1.165, 1.54) is 12.2 Å². The number of rotatable bonds is 7. The van der Waals surface area contributed by atoms with Crippen molar-refractivity contribution >= 4 is 39.4 Å². The zero-order valence-electron chi connectivity index (χ0n) is 15.4. The van der Waals surface area contributed by atoms with Gasteiger partial charge in [0.05, 0.1) is 11.5 Å². The maximum atomic E-state index is 12.6. The number of amides is 1. The molecule has 2 atom stereocenters. The van der Waals surface area contributed by atoms with E-state index in [-0.39, 0.29) is 29.5 Å². The average Bonchev–Trinajstić information content (AvgIpc) is 2.98. The second kappa shape index (κ2) is 9.37. The molecule has 27 heavy (non-hydrogen) atoms. The van der Waals surface area contributed by atoms with Gasteiger partial charge in [0.15, 0.2) is 16.4 Å². The number of ether oxygens (including phenoxy) is 1. The van der Waals surface area contributed by atoms with Gasteiger partial charge in [0.25, 0.3) is 5.91 Å². The van der Waals surface area contributed by atoms with Gasteiger partial charge in [0.1, 0.15) is 0 Å².